The highest BCUT2D eigenvalue weighted by molar-refractivity contribution is 5.95. The van der Waals surface area contributed by atoms with Crippen molar-refractivity contribution in [2.45, 2.75) is 13.3 Å². The molecule has 0 bridgehead atoms. The third-order valence-corrected chi connectivity index (χ3v) is 2.36. The van der Waals surface area contributed by atoms with Crippen molar-refractivity contribution in [3.05, 3.63) is 47.5 Å². The first kappa shape index (κ1) is 10.5. The van der Waals surface area contributed by atoms with Gasteiger partial charge in [0.25, 0.3) is 0 Å². The van der Waals surface area contributed by atoms with Crippen LogP contribution in [0.5, 0.6) is 0 Å². The molecule has 4 heteroatoms. The van der Waals surface area contributed by atoms with Gasteiger partial charge in [0.05, 0.1) is 12.1 Å². The molecule has 0 fully saturated rings. The lowest BCUT2D eigenvalue weighted by Gasteiger charge is -2.00. The van der Waals surface area contributed by atoms with Crippen molar-refractivity contribution >= 4 is 5.78 Å². The highest BCUT2D eigenvalue weighted by Crippen LogP contribution is 2.06. The molecule has 0 atom stereocenters. The number of Topliss-reactive ketones (excluding diaryl/α,β-unsaturated/α-hetero) is 1. The fourth-order valence-corrected chi connectivity index (χ4v) is 1.63. The standard InChI is InChI=1S/C12H13N3O/c1-9-7-11(15(2)14-9)12(16)8-10-5-3-4-6-13-10/h3-7H,8H2,1-2H3. The quantitative estimate of drug-likeness (QED) is 0.730. The van der Waals surface area contributed by atoms with Crippen LogP contribution < -0.4 is 0 Å². The van der Waals surface area contributed by atoms with Gasteiger partial charge in [-0.1, -0.05) is 6.07 Å². The van der Waals surface area contributed by atoms with Crippen LogP contribution in [-0.2, 0) is 13.5 Å². The molecule has 82 valence electrons. The number of carbonyl (C=O) groups excluding carboxylic acids is 1. The van der Waals surface area contributed by atoms with Crippen molar-refractivity contribution in [3.63, 3.8) is 0 Å². The molecule has 4 nitrogen and oxygen atoms in total. The fraction of sp³-hybridized carbons (Fsp3) is 0.250. The molecule has 0 N–H and O–H groups in total. The first-order valence-corrected chi connectivity index (χ1v) is 5.10. The number of carbonyl (C=O) groups is 1. The topological polar surface area (TPSA) is 47.8 Å². The van der Waals surface area contributed by atoms with Gasteiger partial charge in [0.15, 0.2) is 5.78 Å². The zero-order valence-corrected chi connectivity index (χ0v) is 9.34. The van der Waals surface area contributed by atoms with Gasteiger partial charge in [-0.05, 0) is 25.1 Å². The first-order chi connectivity index (χ1) is 7.66. The predicted octanol–water partition coefficient (Wildman–Crippen LogP) is 1.55. The summed E-state index contributed by atoms with van der Waals surface area (Å²) in [4.78, 5) is 16.1. The molecule has 2 aromatic heterocycles. The predicted molar refractivity (Wildman–Crippen MR) is 60.2 cm³/mol. The summed E-state index contributed by atoms with van der Waals surface area (Å²) < 4.78 is 1.61. The molecule has 0 aliphatic carbocycles. The number of ketones is 1. The molecule has 0 radical (unpaired) electrons. The third-order valence-electron chi connectivity index (χ3n) is 2.36. The Morgan fingerprint density at radius 3 is 2.81 bits per heavy atom. The van der Waals surface area contributed by atoms with E-state index < -0.39 is 0 Å². The van der Waals surface area contributed by atoms with Crippen LogP contribution in [0.4, 0.5) is 0 Å². The van der Waals surface area contributed by atoms with E-state index in [2.05, 4.69) is 10.1 Å². The summed E-state index contributed by atoms with van der Waals surface area (Å²) in [5.41, 5.74) is 2.27. The summed E-state index contributed by atoms with van der Waals surface area (Å²) in [5, 5.41) is 4.15. The number of aryl methyl sites for hydroxylation is 2. The van der Waals surface area contributed by atoms with E-state index in [1.807, 2.05) is 25.1 Å². The number of pyridine rings is 1. The van der Waals surface area contributed by atoms with E-state index in [1.165, 1.54) is 0 Å². The summed E-state index contributed by atoms with van der Waals surface area (Å²) in [7, 11) is 1.78. The number of aromatic nitrogens is 3. The molecular formula is C12H13N3O. The van der Waals surface area contributed by atoms with Gasteiger partial charge < -0.3 is 0 Å². The van der Waals surface area contributed by atoms with Gasteiger partial charge >= 0.3 is 0 Å². The summed E-state index contributed by atoms with van der Waals surface area (Å²) in [6.07, 6.45) is 2.01. The average molecular weight is 215 g/mol. The summed E-state index contributed by atoms with van der Waals surface area (Å²) in [6.45, 7) is 1.87. The van der Waals surface area contributed by atoms with E-state index in [9.17, 15) is 4.79 Å². The SMILES string of the molecule is Cc1cc(C(=O)Cc2ccccn2)n(C)n1. The Bertz CT molecular complexity index is 502. The van der Waals surface area contributed by atoms with E-state index in [-0.39, 0.29) is 5.78 Å². The molecule has 2 heterocycles. The minimum absolute atomic E-state index is 0.0433. The molecular weight excluding hydrogens is 202 g/mol. The van der Waals surface area contributed by atoms with Crippen molar-refractivity contribution in [1.82, 2.24) is 14.8 Å². The maximum Gasteiger partial charge on any atom is 0.186 e. The molecule has 0 aliphatic heterocycles. The van der Waals surface area contributed by atoms with Gasteiger partial charge in [-0.3, -0.25) is 14.5 Å². The summed E-state index contributed by atoms with van der Waals surface area (Å²) in [5.74, 6) is 0.0433. The van der Waals surface area contributed by atoms with Crippen LogP contribution in [0.2, 0.25) is 0 Å². The van der Waals surface area contributed by atoms with Crippen LogP contribution in [0.3, 0.4) is 0 Å². The second kappa shape index (κ2) is 4.26. The van der Waals surface area contributed by atoms with E-state index >= 15 is 0 Å². The molecule has 0 amide bonds. The van der Waals surface area contributed by atoms with Crippen molar-refractivity contribution in [2.24, 2.45) is 7.05 Å². The average Bonchev–Trinajstić information content (AvgIpc) is 2.59. The van der Waals surface area contributed by atoms with Gasteiger partial charge in [-0.2, -0.15) is 5.10 Å². The van der Waals surface area contributed by atoms with Gasteiger partial charge in [0, 0.05) is 18.9 Å². The lowest BCUT2D eigenvalue weighted by atomic mass is 10.1. The van der Waals surface area contributed by atoms with Crippen molar-refractivity contribution in [2.75, 3.05) is 0 Å². The Morgan fingerprint density at radius 2 is 2.25 bits per heavy atom. The zero-order valence-electron chi connectivity index (χ0n) is 9.34. The van der Waals surface area contributed by atoms with Gasteiger partial charge in [0.2, 0.25) is 0 Å². The normalized spacial score (nSPS) is 10.4. The van der Waals surface area contributed by atoms with Crippen LogP contribution in [0.25, 0.3) is 0 Å². The van der Waals surface area contributed by atoms with Crippen LogP contribution >= 0.6 is 0 Å². The van der Waals surface area contributed by atoms with Crippen LogP contribution in [-0.4, -0.2) is 20.5 Å². The lowest BCUT2D eigenvalue weighted by molar-refractivity contribution is 0.0983. The van der Waals surface area contributed by atoms with Gasteiger partial charge in [-0.15, -0.1) is 0 Å². The second-order valence-corrected chi connectivity index (χ2v) is 3.72. The maximum absolute atomic E-state index is 11.9. The van der Waals surface area contributed by atoms with Gasteiger partial charge in [-0.25, -0.2) is 0 Å². The van der Waals surface area contributed by atoms with Crippen molar-refractivity contribution in [3.8, 4) is 0 Å². The molecule has 0 unspecified atom stereocenters. The van der Waals surface area contributed by atoms with Crippen LogP contribution in [0.1, 0.15) is 21.9 Å². The zero-order chi connectivity index (χ0) is 11.5. The smallest absolute Gasteiger partial charge is 0.186 e. The Labute approximate surface area is 93.9 Å². The molecule has 2 rings (SSSR count). The number of nitrogens with zero attached hydrogens (tertiary/aromatic N) is 3. The Balaban J connectivity index is 2.18. The van der Waals surface area contributed by atoms with E-state index in [0.29, 0.717) is 12.1 Å². The highest BCUT2D eigenvalue weighted by atomic mass is 16.1. The molecule has 2 aromatic rings. The first-order valence-electron chi connectivity index (χ1n) is 5.10. The third kappa shape index (κ3) is 2.16. The Morgan fingerprint density at radius 1 is 1.44 bits per heavy atom. The molecule has 0 saturated heterocycles. The maximum atomic E-state index is 11.9. The molecule has 0 saturated carbocycles. The minimum Gasteiger partial charge on any atom is -0.292 e. The Kier molecular flexibility index (Phi) is 2.81. The van der Waals surface area contributed by atoms with E-state index in [1.54, 1.807) is 24.0 Å². The molecule has 0 spiro atoms. The summed E-state index contributed by atoms with van der Waals surface area (Å²) >= 11 is 0. The van der Waals surface area contributed by atoms with Crippen molar-refractivity contribution < 1.29 is 4.79 Å². The van der Waals surface area contributed by atoms with Gasteiger partial charge in [0.1, 0.15) is 5.69 Å². The summed E-state index contributed by atoms with van der Waals surface area (Å²) in [6, 6.07) is 7.36. The Hall–Kier alpha value is -1.97. The van der Waals surface area contributed by atoms with Crippen LogP contribution in [0, 0.1) is 6.92 Å². The van der Waals surface area contributed by atoms with E-state index in [4.69, 9.17) is 0 Å². The largest absolute Gasteiger partial charge is 0.292 e. The minimum atomic E-state index is 0.0433. The monoisotopic (exact) mass is 215 g/mol. The van der Waals surface area contributed by atoms with Crippen LogP contribution in [0.15, 0.2) is 30.5 Å². The second-order valence-electron chi connectivity index (χ2n) is 3.72. The molecule has 0 aromatic carbocycles. The van der Waals surface area contributed by atoms with E-state index in [0.717, 1.165) is 11.4 Å². The number of rotatable bonds is 3. The van der Waals surface area contributed by atoms with Crippen molar-refractivity contribution in [1.29, 1.82) is 0 Å². The molecule has 16 heavy (non-hydrogen) atoms. The number of hydrogen-bond acceptors (Lipinski definition) is 3. The highest BCUT2D eigenvalue weighted by Gasteiger charge is 2.12. The lowest BCUT2D eigenvalue weighted by Crippen LogP contribution is -2.10. The fourth-order valence-electron chi connectivity index (χ4n) is 1.63. The molecule has 0 aliphatic rings. The number of hydrogen-bond donors (Lipinski definition) is 0.